The van der Waals surface area contributed by atoms with Crippen LogP contribution in [0.5, 0.6) is 5.75 Å². The van der Waals surface area contributed by atoms with Gasteiger partial charge in [0.25, 0.3) is 0 Å². The Hall–Kier alpha value is -3.04. The molecule has 1 saturated carbocycles. The van der Waals surface area contributed by atoms with Crippen molar-refractivity contribution in [3.63, 3.8) is 0 Å². The minimum absolute atomic E-state index is 0.165. The third-order valence-corrected chi connectivity index (χ3v) is 6.42. The van der Waals surface area contributed by atoms with Crippen LogP contribution in [0.15, 0.2) is 36.9 Å². The maximum absolute atomic E-state index is 6.54. The van der Waals surface area contributed by atoms with Crippen molar-refractivity contribution in [2.45, 2.75) is 44.4 Å². The Morgan fingerprint density at radius 3 is 2.59 bits per heavy atom. The number of aromatic nitrogens is 4. The summed E-state index contributed by atoms with van der Waals surface area (Å²) in [4.78, 5) is 22.3. The lowest BCUT2D eigenvalue weighted by atomic mass is 9.93. The van der Waals surface area contributed by atoms with Gasteiger partial charge >= 0.3 is 0 Å². The van der Waals surface area contributed by atoms with Crippen molar-refractivity contribution in [2.24, 2.45) is 0 Å². The Balaban J connectivity index is 1.23. The Labute approximate surface area is 200 Å². The van der Waals surface area contributed by atoms with Crippen LogP contribution >= 0.6 is 0 Å². The molecule has 0 unspecified atom stereocenters. The third kappa shape index (κ3) is 5.53. The molecule has 1 aliphatic carbocycles. The van der Waals surface area contributed by atoms with Crippen LogP contribution in [-0.4, -0.2) is 77.4 Å². The summed E-state index contributed by atoms with van der Waals surface area (Å²) in [6.45, 7) is 4.05. The van der Waals surface area contributed by atoms with Crippen molar-refractivity contribution >= 4 is 22.5 Å². The van der Waals surface area contributed by atoms with Crippen LogP contribution in [0.3, 0.4) is 0 Å². The molecule has 0 atom stereocenters. The number of hydrogen-bond donors (Lipinski definition) is 1. The number of benzene rings is 1. The van der Waals surface area contributed by atoms with E-state index in [1.807, 2.05) is 20.2 Å². The Kier molecular flexibility index (Phi) is 7.01. The zero-order valence-corrected chi connectivity index (χ0v) is 20.0. The number of anilines is 2. The molecular formula is C25H33N7O2. The van der Waals surface area contributed by atoms with E-state index in [-0.39, 0.29) is 6.10 Å². The maximum Gasteiger partial charge on any atom is 0.149 e. The van der Waals surface area contributed by atoms with E-state index < -0.39 is 0 Å². The fraction of sp³-hybridized carbons (Fsp3) is 0.520. The smallest absolute Gasteiger partial charge is 0.149 e. The summed E-state index contributed by atoms with van der Waals surface area (Å²) in [5.41, 5.74) is 3.84. The molecule has 180 valence electrons. The fourth-order valence-corrected chi connectivity index (χ4v) is 4.72. The van der Waals surface area contributed by atoms with Gasteiger partial charge in [0.1, 0.15) is 23.4 Å². The molecule has 34 heavy (non-hydrogen) atoms. The molecule has 1 aromatic carbocycles. The van der Waals surface area contributed by atoms with Gasteiger partial charge in [-0.05, 0) is 45.8 Å². The van der Waals surface area contributed by atoms with E-state index in [0.717, 1.165) is 92.5 Å². The largest absolute Gasteiger partial charge is 0.488 e. The number of nitrogens with zero attached hydrogens (tertiary/aromatic N) is 6. The lowest BCUT2D eigenvalue weighted by molar-refractivity contribution is 0.122. The van der Waals surface area contributed by atoms with Crippen molar-refractivity contribution in [2.75, 3.05) is 50.6 Å². The standard InChI is InChI=1S/C25H33N7O2/c1-31(2)16-19-13-24(29-17-28-19)30-18-3-5-21(6-4-18)34-23-15-20(32-9-11-33-12-10-32)14-22-25(23)27-8-7-26-22/h7-8,13-15,17-18,21H,3-6,9-12,16H2,1-2H3,(H,28,29,30)/t18-,21+. The monoisotopic (exact) mass is 463 g/mol. The molecule has 0 amide bonds. The van der Waals surface area contributed by atoms with E-state index in [0.29, 0.717) is 6.04 Å². The normalized spacial score (nSPS) is 21.1. The van der Waals surface area contributed by atoms with E-state index in [1.54, 1.807) is 18.7 Å². The highest BCUT2D eigenvalue weighted by Gasteiger charge is 2.24. The summed E-state index contributed by atoms with van der Waals surface area (Å²) in [5.74, 6) is 1.73. The quantitative estimate of drug-likeness (QED) is 0.568. The van der Waals surface area contributed by atoms with E-state index in [9.17, 15) is 0 Å². The average molecular weight is 464 g/mol. The summed E-state index contributed by atoms with van der Waals surface area (Å²) in [7, 11) is 4.09. The third-order valence-electron chi connectivity index (χ3n) is 6.42. The lowest BCUT2D eigenvalue weighted by Crippen LogP contribution is -2.36. The summed E-state index contributed by atoms with van der Waals surface area (Å²) < 4.78 is 12.1. The van der Waals surface area contributed by atoms with Gasteiger partial charge in [0.2, 0.25) is 0 Å². The molecule has 3 heterocycles. The molecule has 0 radical (unpaired) electrons. The first kappa shape index (κ1) is 22.7. The highest BCUT2D eigenvalue weighted by molar-refractivity contribution is 5.85. The number of morpholine rings is 1. The van der Waals surface area contributed by atoms with Crippen LogP contribution in [0.4, 0.5) is 11.5 Å². The van der Waals surface area contributed by atoms with Gasteiger partial charge < -0.3 is 24.6 Å². The van der Waals surface area contributed by atoms with Gasteiger partial charge in [-0.15, -0.1) is 0 Å². The van der Waals surface area contributed by atoms with Crippen molar-refractivity contribution in [3.8, 4) is 5.75 Å². The molecule has 1 saturated heterocycles. The van der Waals surface area contributed by atoms with Crippen LogP contribution in [0.1, 0.15) is 31.4 Å². The number of rotatable bonds is 7. The summed E-state index contributed by atoms with van der Waals surface area (Å²) in [6, 6.07) is 6.66. The molecule has 3 aromatic rings. The number of nitrogens with one attached hydrogen (secondary N) is 1. The van der Waals surface area contributed by atoms with Crippen molar-refractivity contribution in [1.29, 1.82) is 0 Å². The van der Waals surface area contributed by atoms with Crippen LogP contribution < -0.4 is 15.0 Å². The summed E-state index contributed by atoms with van der Waals surface area (Å²) in [6.07, 6.45) is 9.31. The highest BCUT2D eigenvalue weighted by Crippen LogP contribution is 2.33. The Morgan fingerprint density at radius 1 is 1.00 bits per heavy atom. The number of hydrogen-bond acceptors (Lipinski definition) is 9. The highest BCUT2D eigenvalue weighted by atomic mass is 16.5. The second kappa shape index (κ2) is 10.5. The zero-order valence-electron chi connectivity index (χ0n) is 20.0. The van der Waals surface area contributed by atoms with Gasteiger partial charge in [-0.25, -0.2) is 15.0 Å². The van der Waals surface area contributed by atoms with Crippen molar-refractivity contribution < 1.29 is 9.47 Å². The molecule has 0 bridgehead atoms. The van der Waals surface area contributed by atoms with E-state index in [4.69, 9.17) is 9.47 Å². The van der Waals surface area contributed by atoms with Gasteiger partial charge in [0.05, 0.1) is 30.5 Å². The first-order valence-corrected chi connectivity index (χ1v) is 12.1. The first-order chi connectivity index (χ1) is 16.6. The lowest BCUT2D eigenvalue weighted by Gasteiger charge is -2.31. The van der Waals surface area contributed by atoms with E-state index in [1.165, 1.54) is 0 Å². The van der Waals surface area contributed by atoms with Crippen molar-refractivity contribution in [3.05, 3.63) is 42.6 Å². The zero-order chi connectivity index (χ0) is 23.3. The topological polar surface area (TPSA) is 88.5 Å². The first-order valence-electron chi connectivity index (χ1n) is 12.1. The molecule has 0 spiro atoms. The summed E-state index contributed by atoms with van der Waals surface area (Å²) >= 11 is 0. The fourth-order valence-electron chi connectivity index (χ4n) is 4.72. The van der Waals surface area contributed by atoms with Crippen molar-refractivity contribution in [1.82, 2.24) is 24.8 Å². The molecule has 1 N–H and O–H groups in total. The number of ether oxygens (including phenoxy) is 2. The second-order valence-corrected chi connectivity index (χ2v) is 9.34. The van der Waals surface area contributed by atoms with Crippen LogP contribution in [0.25, 0.3) is 11.0 Å². The van der Waals surface area contributed by atoms with Gasteiger partial charge in [0.15, 0.2) is 0 Å². The molecule has 2 fully saturated rings. The second-order valence-electron chi connectivity index (χ2n) is 9.34. The molecule has 1 aliphatic heterocycles. The minimum Gasteiger partial charge on any atom is -0.488 e. The molecule has 9 heteroatoms. The number of fused-ring (bicyclic) bond motifs is 1. The van der Waals surface area contributed by atoms with Gasteiger partial charge in [-0.1, -0.05) is 0 Å². The maximum atomic E-state index is 6.54. The summed E-state index contributed by atoms with van der Waals surface area (Å²) in [5, 5.41) is 3.59. The molecule has 2 aliphatic rings. The van der Waals surface area contributed by atoms with Crippen LogP contribution in [-0.2, 0) is 11.3 Å². The molecule has 9 nitrogen and oxygen atoms in total. The van der Waals surface area contributed by atoms with E-state index in [2.05, 4.69) is 47.2 Å². The average Bonchev–Trinajstić information content (AvgIpc) is 2.85. The SMILES string of the molecule is CN(C)Cc1cc(N[C@H]2CC[C@@H](Oc3cc(N4CCOCC4)cc4nccnc34)CC2)ncn1. The Morgan fingerprint density at radius 2 is 1.79 bits per heavy atom. The van der Waals surface area contributed by atoms with Crippen LogP contribution in [0.2, 0.25) is 0 Å². The molecular weight excluding hydrogens is 430 g/mol. The van der Waals surface area contributed by atoms with Gasteiger partial charge in [-0.2, -0.15) is 0 Å². The predicted molar refractivity (Wildman–Crippen MR) is 132 cm³/mol. The van der Waals surface area contributed by atoms with Gasteiger partial charge in [-0.3, -0.25) is 4.98 Å². The van der Waals surface area contributed by atoms with E-state index >= 15 is 0 Å². The molecule has 5 rings (SSSR count). The van der Waals surface area contributed by atoms with Gasteiger partial charge in [0, 0.05) is 55.9 Å². The minimum atomic E-state index is 0.165. The molecule has 2 aromatic heterocycles. The predicted octanol–water partition coefficient (Wildman–Crippen LogP) is 3.12. The van der Waals surface area contributed by atoms with Crippen LogP contribution in [0, 0.1) is 0 Å². The Bertz CT molecular complexity index is 1100.